The van der Waals surface area contributed by atoms with E-state index in [0.717, 1.165) is 34.0 Å². The van der Waals surface area contributed by atoms with Gasteiger partial charge in [0.1, 0.15) is 5.78 Å². The Kier molecular flexibility index (Phi) is 5.46. The van der Waals surface area contributed by atoms with Gasteiger partial charge in [-0.15, -0.1) is 0 Å². The van der Waals surface area contributed by atoms with Crippen molar-refractivity contribution in [1.29, 1.82) is 0 Å². The van der Waals surface area contributed by atoms with Crippen molar-refractivity contribution in [2.24, 2.45) is 5.92 Å². The summed E-state index contributed by atoms with van der Waals surface area (Å²) in [5, 5.41) is 5.08. The van der Waals surface area contributed by atoms with Crippen LogP contribution < -0.4 is 5.32 Å². The fourth-order valence-corrected chi connectivity index (χ4v) is 4.18. The number of carbonyl (C=O) groups is 2. The Balaban J connectivity index is 1.21. The molecule has 5 rings (SSSR count). The molecule has 32 heavy (non-hydrogen) atoms. The van der Waals surface area contributed by atoms with Gasteiger partial charge in [-0.2, -0.15) is 0 Å². The van der Waals surface area contributed by atoms with Crippen LogP contribution in [0.1, 0.15) is 39.5 Å². The van der Waals surface area contributed by atoms with Crippen LogP contribution in [0.25, 0.3) is 10.8 Å². The quantitative estimate of drug-likeness (QED) is 0.478. The minimum atomic E-state index is -0.133. The highest BCUT2D eigenvalue weighted by atomic mass is 16.1. The number of pyridine rings is 2. The lowest BCUT2D eigenvalue weighted by molar-refractivity contribution is -0.119. The van der Waals surface area contributed by atoms with Gasteiger partial charge in [0.05, 0.1) is 12.2 Å². The zero-order valence-corrected chi connectivity index (χ0v) is 17.6. The van der Waals surface area contributed by atoms with Crippen LogP contribution in [0.15, 0.2) is 85.3 Å². The maximum absolute atomic E-state index is 12.9. The zero-order valence-electron chi connectivity index (χ0n) is 17.6. The van der Waals surface area contributed by atoms with Crippen molar-refractivity contribution < 1.29 is 9.59 Å². The summed E-state index contributed by atoms with van der Waals surface area (Å²) >= 11 is 0. The maximum atomic E-state index is 12.9. The number of nitrogens with one attached hydrogen (secondary N) is 1. The second kappa shape index (κ2) is 8.71. The molecule has 0 unspecified atom stereocenters. The monoisotopic (exact) mass is 421 g/mol. The second-order valence-corrected chi connectivity index (χ2v) is 8.28. The van der Waals surface area contributed by atoms with E-state index < -0.39 is 0 Å². The molecule has 0 saturated heterocycles. The van der Waals surface area contributed by atoms with Crippen LogP contribution in [-0.4, -0.2) is 21.7 Å². The van der Waals surface area contributed by atoms with Gasteiger partial charge in [0, 0.05) is 41.9 Å². The third-order valence-electron chi connectivity index (χ3n) is 6.02. The van der Waals surface area contributed by atoms with Crippen LogP contribution in [0.4, 0.5) is 0 Å². The summed E-state index contributed by atoms with van der Waals surface area (Å²) in [5.41, 5.74) is 3.51. The third kappa shape index (κ3) is 4.42. The number of benzene rings is 2. The summed E-state index contributed by atoms with van der Waals surface area (Å²) in [6.45, 7) is 0.385. The van der Waals surface area contributed by atoms with Gasteiger partial charge in [0.15, 0.2) is 0 Å². The van der Waals surface area contributed by atoms with Crippen molar-refractivity contribution in [3.8, 4) is 0 Å². The molecular weight excluding hydrogens is 398 g/mol. The van der Waals surface area contributed by atoms with Gasteiger partial charge in [-0.1, -0.05) is 36.4 Å². The number of fused-ring (bicyclic) bond motifs is 1. The Bertz CT molecular complexity index is 1290. The van der Waals surface area contributed by atoms with Gasteiger partial charge in [0.2, 0.25) is 0 Å². The molecule has 1 aliphatic rings. The second-order valence-electron chi connectivity index (χ2n) is 8.28. The van der Waals surface area contributed by atoms with Crippen LogP contribution in [0, 0.1) is 5.92 Å². The molecule has 0 aliphatic heterocycles. The third-order valence-corrected chi connectivity index (χ3v) is 6.02. The average Bonchev–Trinajstić information content (AvgIpc) is 3.65. The van der Waals surface area contributed by atoms with E-state index in [9.17, 15) is 9.59 Å². The first-order chi connectivity index (χ1) is 15.7. The molecular formula is C27H23N3O2. The lowest BCUT2D eigenvalue weighted by Crippen LogP contribution is -2.23. The number of nitrogens with zero attached hydrogens (tertiary/aromatic N) is 2. The van der Waals surface area contributed by atoms with Crippen molar-refractivity contribution in [1.82, 2.24) is 15.3 Å². The van der Waals surface area contributed by atoms with Crippen LogP contribution in [0.3, 0.4) is 0 Å². The van der Waals surface area contributed by atoms with Gasteiger partial charge in [-0.05, 0) is 59.2 Å². The molecule has 2 aromatic heterocycles. The van der Waals surface area contributed by atoms with Crippen molar-refractivity contribution in [2.45, 2.75) is 25.3 Å². The first-order valence-corrected chi connectivity index (χ1v) is 10.8. The Labute approximate surface area is 186 Å². The SMILES string of the molecule is O=C(NCc1ccccn1)c1cccc([C@@H]2C[C@H]2C(=O)Cc2ccc3cnccc3c2)c1. The molecule has 0 radical (unpaired) electrons. The van der Waals surface area contributed by atoms with E-state index in [-0.39, 0.29) is 23.5 Å². The van der Waals surface area contributed by atoms with Gasteiger partial charge < -0.3 is 5.32 Å². The molecule has 158 valence electrons. The van der Waals surface area contributed by atoms with Crippen LogP contribution >= 0.6 is 0 Å². The zero-order chi connectivity index (χ0) is 21.9. The predicted octanol–water partition coefficient (Wildman–Crippen LogP) is 4.48. The molecule has 5 heteroatoms. The minimum absolute atomic E-state index is 0.0231. The molecule has 2 aromatic carbocycles. The molecule has 2 heterocycles. The van der Waals surface area contributed by atoms with E-state index in [1.807, 2.05) is 60.8 Å². The number of aromatic nitrogens is 2. The predicted molar refractivity (Wildman–Crippen MR) is 123 cm³/mol. The van der Waals surface area contributed by atoms with E-state index in [0.29, 0.717) is 18.5 Å². The maximum Gasteiger partial charge on any atom is 0.251 e. The summed E-state index contributed by atoms with van der Waals surface area (Å²) in [6, 6.07) is 21.3. The summed E-state index contributed by atoms with van der Waals surface area (Å²) in [5.74, 6) is 0.339. The highest BCUT2D eigenvalue weighted by Crippen LogP contribution is 2.48. The van der Waals surface area contributed by atoms with Crippen LogP contribution in [0.2, 0.25) is 0 Å². The first kappa shape index (κ1) is 20.1. The lowest BCUT2D eigenvalue weighted by Gasteiger charge is -2.07. The number of rotatable bonds is 7. The molecule has 0 spiro atoms. The Morgan fingerprint density at radius 2 is 1.88 bits per heavy atom. The highest BCUT2D eigenvalue weighted by Gasteiger charge is 2.43. The normalized spacial score (nSPS) is 17.1. The van der Waals surface area contributed by atoms with Crippen molar-refractivity contribution >= 4 is 22.5 Å². The molecule has 0 bridgehead atoms. The Hall–Kier alpha value is -3.86. The van der Waals surface area contributed by atoms with E-state index in [4.69, 9.17) is 0 Å². The number of hydrogen-bond donors (Lipinski definition) is 1. The summed E-state index contributed by atoms with van der Waals surface area (Å²) in [7, 11) is 0. The number of ketones is 1. The largest absolute Gasteiger partial charge is 0.346 e. The van der Waals surface area contributed by atoms with E-state index in [1.54, 1.807) is 18.5 Å². The fourth-order valence-electron chi connectivity index (χ4n) is 4.18. The molecule has 1 amide bonds. The molecule has 4 aromatic rings. The molecule has 1 aliphatic carbocycles. The minimum Gasteiger partial charge on any atom is -0.346 e. The number of carbonyl (C=O) groups excluding carboxylic acids is 2. The molecule has 1 fully saturated rings. The topological polar surface area (TPSA) is 72.0 Å². The highest BCUT2D eigenvalue weighted by molar-refractivity contribution is 5.94. The summed E-state index contributed by atoms with van der Waals surface area (Å²) in [6.07, 6.45) is 6.59. The van der Waals surface area contributed by atoms with E-state index in [1.165, 1.54) is 0 Å². The molecule has 2 atom stereocenters. The lowest BCUT2D eigenvalue weighted by atomic mass is 10.00. The first-order valence-electron chi connectivity index (χ1n) is 10.8. The molecule has 5 nitrogen and oxygen atoms in total. The molecule has 1 saturated carbocycles. The van der Waals surface area contributed by atoms with Crippen LogP contribution in [0.5, 0.6) is 0 Å². The Morgan fingerprint density at radius 3 is 2.75 bits per heavy atom. The molecule has 1 N–H and O–H groups in total. The van der Waals surface area contributed by atoms with E-state index in [2.05, 4.69) is 21.4 Å². The smallest absolute Gasteiger partial charge is 0.251 e. The van der Waals surface area contributed by atoms with Crippen LogP contribution in [-0.2, 0) is 17.8 Å². The van der Waals surface area contributed by atoms with Gasteiger partial charge in [0.25, 0.3) is 5.91 Å². The summed E-state index contributed by atoms with van der Waals surface area (Å²) in [4.78, 5) is 33.8. The Morgan fingerprint density at radius 1 is 0.938 bits per heavy atom. The average molecular weight is 422 g/mol. The summed E-state index contributed by atoms with van der Waals surface area (Å²) < 4.78 is 0. The number of amides is 1. The number of Topliss-reactive ketones (excluding diaryl/α,β-unsaturated/α-hetero) is 1. The van der Waals surface area contributed by atoms with Gasteiger partial charge in [-0.3, -0.25) is 19.6 Å². The van der Waals surface area contributed by atoms with Crippen molar-refractivity contribution in [3.05, 3.63) is 108 Å². The number of hydrogen-bond acceptors (Lipinski definition) is 4. The van der Waals surface area contributed by atoms with E-state index >= 15 is 0 Å². The standard InChI is InChI=1S/C27H23N3O2/c31-26(13-18-7-8-22-16-28-11-9-19(22)12-18)25-15-24(25)20-4-3-5-21(14-20)27(32)30-17-23-6-1-2-10-29-23/h1-12,14,16,24-25H,13,15,17H2,(H,30,32)/t24-,25+/m0/s1. The fraction of sp³-hybridized carbons (Fsp3) is 0.185. The van der Waals surface area contributed by atoms with Crippen molar-refractivity contribution in [2.75, 3.05) is 0 Å². The van der Waals surface area contributed by atoms with Gasteiger partial charge in [-0.25, -0.2) is 0 Å². The van der Waals surface area contributed by atoms with Gasteiger partial charge >= 0.3 is 0 Å². The van der Waals surface area contributed by atoms with Crippen molar-refractivity contribution in [3.63, 3.8) is 0 Å².